The van der Waals surface area contributed by atoms with Crippen LogP contribution in [0.3, 0.4) is 0 Å². The van der Waals surface area contributed by atoms with Gasteiger partial charge in [0, 0.05) is 0 Å². The molecule has 4 nitrogen and oxygen atoms in total. The zero-order chi connectivity index (χ0) is 6.99. The first-order valence-corrected chi connectivity index (χ1v) is 2.53. The Hall–Kier alpha value is 0.480. The summed E-state index contributed by atoms with van der Waals surface area (Å²) in [5.41, 5.74) is 0. The van der Waals surface area contributed by atoms with E-state index in [2.05, 4.69) is 6.58 Å². The van der Waals surface area contributed by atoms with Gasteiger partial charge in [0.2, 0.25) is 0 Å². The van der Waals surface area contributed by atoms with Gasteiger partial charge in [0.05, 0.1) is 11.4 Å². The molecule has 1 atom stereocenters. The number of carbonyl (C=O) groups is 1. The van der Waals surface area contributed by atoms with Crippen LogP contribution < -0.4 is 29.6 Å². The monoisotopic (exact) mass is 160 g/mol. The van der Waals surface area contributed by atoms with E-state index in [0.717, 1.165) is 0 Å². The van der Waals surface area contributed by atoms with Crippen molar-refractivity contribution < 1.29 is 47.7 Å². The van der Waals surface area contributed by atoms with E-state index in [9.17, 15) is 0 Å². The van der Waals surface area contributed by atoms with Crippen LogP contribution in [0.15, 0.2) is 12.7 Å². The summed E-state index contributed by atoms with van der Waals surface area (Å²) in [6.45, 7) is 3.11. The molecule has 0 aromatic carbocycles. The van der Waals surface area contributed by atoms with Crippen molar-refractivity contribution in [2.45, 2.75) is 0 Å². The van der Waals surface area contributed by atoms with Crippen LogP contribution in [0.4, 0.5) is 0 Å². The standard InChI is InChI=1S/C3H4O.Na.H2O3S/c1-2-3-4;;1-4(2)3/h2-3H,1H2;;(H2,1,2,3)/q;+1;/p-1. The minimum atomic E-state index is -2.86. The Kier molecular flexibility index (Phi) is 28.5. The minimum Gasteiger partial charge on any atom is -0.750 e. The van der Waals surface area contributed by atoms with Gasteiger partial charge in [0.1, 0.15) is 6.29 Å². The van der Waals surface area contributed by atoms with Crippen molar-refractivity contribution in [2.75, 3.05) is 0 Å². The van der Waals surface area contributed by atoms with Gasteiger partial charge < -0.3 is 9.11 Å². The summed E-state index contributed by atoms with van der Waals surface area (Å²) in [7, 11) is 0. The van der Waals surface area contributed by atoms with Crippen LogP contribution in [0.25, 0.3) is 0 Å². The first-order valence-electron chi connectivity index (χ1n) is 1.49. The van der Waals surface area contributed by atoms with Crippen molar-refractivity contribution in [3.63, 3.8) is 0 Å². The maximum absolute atomic E-state index is 9.06. The van der Waals surface area contributed by atoms with E-state index < -0.39 is 11.4 Å². The maximum atomic E-state index is 9.06. The number of aldehydes is 1. The summed E-state index contributed by atoms with van der Waals surface area (Å²) in [5, 5.41) is 0. The molecule has 0 fully saturated rings. The fraction of sp³-hybridized carbons (Fsp3) is 0. The molecule has 0 radical (unpaired) electrons. The van der Waals surface area contributed by atoms with Crippen molar-refractivity contribution in [1.82, 2.24) is 0 Å². The Balaban J connectivity index is -0.0000000720. The molecular formula is C3H5NaO4S. The van der Waals surface area contributed by atoms with Gasteiger partial charge in [-0.05, 0) is 6.08 Å². The van der Waals surface area contributed by atoms with E-state index in [1.54, 1.807) is 0 Å². The van der Waals surface area contributed by atoms with Crippen molar-refractivity contribution in [1.29, 1.82) is 0 Å². The molecular weight excluding hydrogens is 155 g/mol. The molecule has 0 rings (SSSR count). The molecule has 9 heavy (non-hydrogen) atoms. The van der Waals surface area contributed by atoms with Gasteiger partial charge in [-0.1, -0.05) is 6.58 Å². The summed E-state index contributed by atoms with van der Waals surface area (Å²) in [6, 6.07) is 0. The molecule has 0 bridgehead atoms. The molecule has 0 heterocycles. The Labute approximate surface area is 77.7 Å². The topological polar surface area (TPSA) is 77.4 Å². The van der Waals surface area contributed by atoms with Crippen molar-refractivity contribution in [2.24, 2.45) is 0 Å². The molecule has 1 N–H and O–H groups in total. The number of allylic oxidation sites excluding steroid dienone is 1. The van der Waals surface area contributed by atoms with Crippen LogP contribution in [0, 0.1) is 0 Å². The Bertz CT molecular complexity index is 83.8. The van der Waals surface area contributed by atoms with Crippen LogP contribution in [0.5, 0.6) is 0 Å². The van der Waals surface area contributed by atoms with Gasteiger partial charge in [-0.25, -0.2) is 4.21 Å². The zero-order valence-electron chi connectivity index (χ0n) is 4.94. The molecule has 0 spiro atoms. The van der Waals surface area contributed by atoms with Crippen molar-refractivity contribution in [3.8, 4) is 0 Å². The average molecular weight is 160 g/mol. The predicted molar refractivity (Wildman–Crippen MR) is 27.8 cm³/mol. The van der Waals surface area contributed by atoms with E-state index in [-0.39, 0.29) is 29.6 Å². The van der Waals surface area contributed by atoms with Crippen LogP contribution >= 0.6 is 0 Å². The molecule has 0 aromatic heterocycles. The third-order valence-corrected chi connectivity index (χ3v) is 0.0962. The molecule has 0 amide bonds. The second-order valence-electron chi connectivity index (χ2n) is 0.589. The predicted octanol–water partition coefficient (Wildman–Crippen LogP) is -3.29. The van der Waals surface area contributed by atoms with Crippen molar-refractivity contribution >= 4 is 17.6 Å². The molecule has 0 saturated carbocycles. The smallest absolute Gasteiger partial charge is 0.750 e. The second kappa shape index (κ2) is 15.8. The molecule has 1 unspecified atom stereocenters. The number of rotatable bonds is 1. The molecule has 6 heteroatoms. The van der Waals surface area contributed by atoms with E-state index in [0.29, 0.717) is 6.29 Å². The Morgan fingerprint density at radius 2 is 1.78 bits per heavy atom. The molecule has 48 valence electrons. The van der Waals surface area contributed by atoms with Crippen LogP contribution in [-0.2, 0) is 16.2 Å². The molecule has 0 aromatic rings. The van der Waals surface area contributed by atoms with Gasteiger partial charge in [0.15, 0.2) is 0 Å². The Morgan fingerprint density at radius 1 is 1.67 bits per heavy atom. The molecule has 0 aliphatic rings. The van der Waals surface area contributed by atoms with E-state index in [1.807, 2.05) is 0 Å². The maximum Gasteiger partial charge on any atom is 1.00 e. The van der Waals surface area contributed by atoms with E-state index in [1.165, 1.54) is 6.08 Å². The van der Waals surface area contributed by atoms with Gasteiger partial charge in [-0.15, -0.1) is 0 Å². The van der Waals surface area contributed by atoms with Crippen molar-refractivity contribution in [3.05, 3.63) is 12.7 Å². The quantitative estimate of drug-likeness (QED) is 0.189. The van der Waals surface area contributed by atoms with E-state index >= 15 is 0 Å². The largest absolute Gasteiger partial charge is 1.00 e. The van der Waals surface area contributed by atoms with Crippen LogP contribution in [0.1, 0.15) is 0 Å². The fourth-order valence-corrected chi connectivity index (χ4v) is 0. The summed E-state index contributed by atoms with van der Waals surface area (Å²) in [6.07, 6.45) is 1.83. The molecule has 0 aliphatic carbocycles. The summed E-state index contributed by atoms with van der Waals surface area (Å²) >= 11 is -2.86. The summed E-state index contributed by atoms with van der Waals surface area (Å²) in [5.74, 6) is 0. The summed E-state index contributed by atoms with van der Waals surface area (Å²) < 4.78 is 24.1. The Morgan fingerprint density at radius 3 is 1.78 bits per heavy atom. The molecule has 0 aliphatic heterocycles. The van der Waals surface area contributed by atoms with Crippen LogP contribution in [0.2, 0.25) is 0 Å². The first kappa shape index (κ1) is 16.2. The third-order valence-electron chi connectivity index (χ3n) is 0.0962. The first-order chi connectivity index (χ1) is 3.65. The normalized spacial score (nSPS) is 9.11. The van der Waals surface area contributed by atoms with Gasteiger partial charge in [-0.2, -0.15) is 0 Å². The number of hydrogen-bond donors (Lipinski definition) is 1. The van der Waals surface area contributed by atoms with Gasteiger partial charge in [0.25, 0.3) is 0 Å². The second-order valence-corrected chi connectivity index (χ2v) is 1.02. The third kappa shape index (κ3) is 163. The van der Waals surface area contributed by atoms with Gasteiger partial charge >= 0.3 is 29.6 Å². The fourth-order valence-electron chi connectivity index (χ4n) is 0. The SMILES string of the molecule is C=CC=O.O=S([O-])O.[Na+]. The average Bonchev–Trinajstić information content (AvgIpc) is 1.65. The van der Waals surface area contributed by atoms with E-state index in [4.69, 9.17) is 18.1 Å². The zero-order valence-corrected chi connectivity index (χ0v) is 7.76. The number of carbonyl (C=O) groups excluding carboxylic acids is 1. The van der Waals surface area contributed by atoms with Crippen LogP contribution in [-0.4, -0.2) is 19.6 Å². The minimum absolute atomic E-state index is 0. The molecule has 0 saturated heterocycles. The number of hydrogen-bond acceptors (Lipinski definition) is 3. The van der Waals surface area contributed by atoms with Gasteiger partial charge in [-0.3, -0.25) is 4.79 Å². The summed E-state index contributed by atoms with van der Waals surface area (Å²) in [4.78, 5) is 9.06.